The summed E-state index contributed by atoms with van der Waals surface area (Å²) in [5.41, 5.74) is 3.16. The standard InChI is InChI=1S/C23H28N2O4/c1-28-13-11-25-23(27)19-8-9-21-20(16-19)15-17-6-5-7-18(14-17)22(26)24-10-3-2-4-12-29-21/h5-9,14,16H,2-4,10-13,15H2,1H3,(H,24,26)(H,25,27). The van der Waals surface area contributed by atoms with Crippen LogP contribution in [0, 0.1) is 0 Å². The van der Waals surface area contributed by atoms with Gasteiger partial charge in [0.05, 0.1) is 13.2 Å². The molecule has 1 aliphatic heterocycles. The molecule has 0 fully saturated rings. The van der Waals surface area contributed by atoms with Gasteiger partial charge in [-0.2, -0.15) is 0 Å². The molecule has 0 aliphatic carbocycles. The van der Waals surface area contributed by atoms with Crippen molar-refractivity contribution in [2.24, 2.45) is 0 Å². The molecule has 2 aromatic rings. The van der Waals surface area contributed by atoms with Crippen LogP contribution in [-0.4, -0.2) is 45.2 Å². The van der Waals surface area contributed by atoms with E-state index in [2.05, 4.69) is 10.6 Å². The highest BCUT2D eigenvalue weighted by atomic mass is 16.5. The van der Waals surface area contributed by atoms with Gasteiger partial charge in [-0.05, 0) is 60.7 Å². The lowest BCUT2D eigenvalue weighted by Gasteiger charge is -2.15. The van der Waals surface area contributed by atoms with Crippen molar-refractivity contribution < 1.29 is 19.1 Å². The lowest BCUT2D eigenvalue weighted by atomic mass is 9.99. The van der Waals surface area contributed by atoms with E-state index in [0.29, 0.717) is 43.9 Å². The lowest BCUT2D eigenvalue weighted by Crippen LogP contribution is -2.27. The molecule has 0 atom stereocenters. The van der Waals surface area contributed by atoms with Crippen LogP contribution in [0.5, 0.6) is 5.75 Å². The molecule has 0 saturated heterocycles. The summed E-state index contributed by atoms with van der Waals surface area (Å²) < 4.78 is 11.0. The van der Waals surface area contributed by atoms with Gasteiger partial charge >= 0.3 is 0 Å². The van der Waals surface area contributed by atoms with Crippen LogP contribution in [0.2, 0.25) is 0 Å². The summed E-state index contributed by atoms with van der Waals surface area (Å²) in [5.74, 6) is 0.592. The first-order chi connectivity index (χ1) is 14.2. The molecule has 2 bridgehead atoms. The summed E-state index contributed by atoms with van der Waals surface area (Å²) in [6.07, 6.45) is 3.40. The molecule has 2 aromatic carbocycles. The largest absolute Gasteiger partial charge is 0.493 e. The van der Waals surface area contributed by atoms with Crippen LogP contribution < -0.4 is 15.4 Å². The monoisotopic (exact) mass is 396 g/mol. The topological polar surface area (TPSA) is 76.7 Å². The van der Waals surface area contributed by atoms with Crippen molar-refractivity contribution in [3.63, 3.8) is 0 Å². The maximum absolute atomic E-state index is 12.4. The first-order valence-corrected chi connectivity index (χ1v) is 10.1. The smallest absolute Gasteiger partial charge is 0.251 e. The third-order valence-electron chi connectivity index (χ3n) is 4.86. The maximum atomic E-state index is 12.4. The Labute approximate surface area is 171 Å². The number of hydrogen-bond acceptors (Lipinski definition) is 4. The predicted molar refractivity (Wildman–Crippen MR) is 112 cm³/mol. The van der Waals surface area contributed by atoms with E-state index in [1.165, 1.54) is 0 Å². The van der Waals surface area contributed by atoms with Crippen LogP contribution in [0.15, 0.2) is 42.5 Å². The van der Waals surface area contributed by atoms with Crippen molar-refractivity contribution >= 4 is 11.8 Å². The molecular formula is C23H28N2O4. The molecular weight excluding hydrogens is 368 g/mol. The van der Waals surface area contributed by atoms with Crippen molar-refractivity contribution in [1.82, 2.24) is 10.6 Å². The molecule has 1 aliphatic rings. The van der Waals surface area contributed by atoms with Gasteiger partial charge in [0, 0.05) is 37.7 Å². The van der Waals surface area contributed by atoms with Gasteiger partial charge in [0.2, 0.25) is 0 Å². The summed E-state index contributed by atoms with van der Waals surface area (Å²) in [6, 6.07) is 13.1. The molecule has 154 valence electrons. The molecule has 0 radical (unpaired) electrons. The number of hydrogen-bond donors (Lipinski definition) is 2. The number of rotatable bonds is 4. The lowest BCUT2D eigenvalue weighted by molar-refractivity contribution is 0.0934. The van der Waals surface area contributed by atoms with Crippen molar-refractivity contribution in [3.8, 4) is 5.75 Å². The highest BCUT2D eigenvalue weighted by Gasteiger charge is 2.13. The van der Waals surface area contributed by atoms with Gasteiger partial charge in [-0.15, -0.1) is 0 Å². The minimum Gasteiger partial charge on any atom is -0.493 e. The van der Waals surface area contributed by atoms with E-state index in [4.69, 9.17) is 9.47 Å². The van der Waals surface area contributed by atoms with Crippen LogP contribution in [0.25, 0.3) is 0 Å². The molecule has 6 nitrogen and oxygen atoms in total. The van der Waals surface area contributed by atoms with Gasteiger partial charge in [0.1, 0.15) is 5.75 Å². The summed E-state index contributed by atoms with van der Waals surface area (Å²) in [5, 5.41) is 5.81. The zero-order valence-electron chi connectivity index (χ0n) is 16.8. The van der Waals surface area contributed by atoms with Crippen LogP contribution in [0.3, 0.4) is 0 Å². The molecule has 2 N–H and O–H groups in total. The van der Waals surface area contributed by atoms with Crippen LogP contribution in [0.4, 0.5) is 0 Å². The van der Waals surface area contributed by atoms with Gasteiger partial charge in [-0.25, -0.2) is 0 Å². The van der Waals surface area contributed by atoms with E-state index in [9.17, 15) is 9.59 Å². The van der Waals surface area contributed by atoms with Gasteiger partial charge in [-0.1, -0.05) is 12.1 Å². The first-order valence-electron chi connectivity index (χ1n) is 10.1. The molecule has 29 heavy (non-hydrogen) atoms. The number of carbonyl (C=O) groups excluding carboxylic acids is 2. The summed E-state index contributed by atoms with van der Waals surface area (Å²) in [6.45, 7) is 2.20. The highest BCUT2D eigenvalue weighted by molar-refractivity contribution is 5.95. The van der Waals surface area contributed by atoms with Crippen molar-refractivity contribution in [3.05, 3.63) is 64.7 Å². The molecule has 2 amide bonds. The Morgan fingerprint density at radius 2 is 2.07 bits per heavy atom. The summed E-state index contributed by atoms with van der Waals surface area (Å²) in [4.78, 5) is 24.8. The fourth-order valence-corrected chi connectivity index (χ4v) is 3.30. The van der Waals surface area contributed by atoms with Crippen molar-refractivity contribution in [2.45, 2.75) is 25.7 Å². The molecule has 0 unspecified atom stereocenters. The first kappa shape index (κ1) is 20.9. The molecule has 0 aromatic heterocycles. The van der Waals surface area contributed by atoms with Crippen LogP contribution >= 0.6 is 0 Å². The van der Waals surface area contributed by atoms with E-state index in [0.717, 1.165) is 36.1 Å². The number of amides is 2. The van der Waals surface area contributed by atoms with Gasteiger partial charge < -0.3 is 20.1 Å². The fourth-order valence-electron chi connectivity index (χ4n) is 3.30. The average Bonchev–Trinajstić information content (AvgIpc) is 2.73. The van der Waals surface area contributed by atoms with E-state index in [1.807, 2.05) is 36.4 Å². The Hall–Kier alpha value is -2.86. The molecule has 3 rings (SSSR count). The average molecular weight is 396 g/mol. The summed E-state index contributed by atoms with van der Waals surface area (Å²) >= 11 is 0. The highest BCUT2D eigenvalue weighted by Crippen LogP contribution is 2.24. The molecule has 6 heteroatoms. The zero-order valence-corrected chi connectivity index (χ0v) is 16.8. The zero-order chi connectivity index (χ0) is 20.5. The second-order valence-corrected chi connectivity index (χ2v) is 7.11. The molecule has 0 saturated carbocycles. The van der Waals surface area contributed by atoms with Gasteiger partial charge in [0.15, 0.2) is 0 Å². The fraction of sp³-hybridized carbons (Fsp3) is 0.391. The van der Waals surface area contributed by atoms with E-state index in [1.54, 1.807) is 13.2 Å². The number of carbonyl (C=O) groups is 2. The normalized spacial score (nSPS) is 14.7. The van der Waals surface area contributed by atoms with E-state index in [-0.39, 0.29) is 11.8 Å². The minimum atomic E-state index is -0.141. The van der Waals surface area contributed by atoms with Crippen molar-refractivity contribution in [2.75, 3.05) is 33.4 Å². The molecule has 1 heterocycles. The number of fused-ring (bicyclic) bond motifs is 3. The van der Waals surface area contributed by atoms with Crippen LogP contribution in [-0.2, 0) is 11.2 Å². The van der Waals surface area contributed by atoms with E-state index >= 15 is 0 Å². The van der Waals surface area contributed by atoms with Gasteiger partial charge in [0.25, 0.3) is 11.8 Å². The van der Waals surface area contributed by atoms with E-state index < -0.39 is 0 Å². The molecule has 0 spiro atoms. The third-order valence-corrected chi connectivity index (χ3v) is 4.86. The Balaban J connectivity index is 1.87. The second-order valence-electron chi connectivity index (χ2n) is 7.11. The minimum absolute atomic E-state index is 0.0494. The quantitative estimate of drug-likeness (QED) is 0.779. The van der Waals surface area contributed by atoms with Crippen molar-refractivity contribution in [1.29, 1.82) is 0 Å². The Kier molecular flexibility index (Phi) is 7.64. The summed E-state index contributed by atoms with van der Waals surface area (Å²) in [7, 11) is 1.60. The second kappa shape index (κ2) is 10.6. The van der Waals surface area contributed by atoms with Crippen LogP contribution in [0.1, 0.15) is 51.1 Å². The maximum Gasteiger partial charge on any atom is 0.251 e. The third kappa shape index (κ3) is 6.06. The van der Waals surface area contributed by atoms with Gasteiger partial charge in [-0.3, -0.25) is 9.59 Å². The Morgan fingerprint density at radius 3 is 2.93 bits per heavy atom. The number of methoxy groups -OCH3 is 1. The Morgan fingerprint density at radius 1 is 1.17 bits per heavy atom. The Bertz CT molecular complexity index is 851. The number of nitrogens with one attached hydrogen (secondary N) is 2. The number of ether oxygens (including phenoxy) is 2. The number of benzene rings is 2. The predicted octanol–water partition coefficient (Wildman–Crippen LogP) is 2.95. The SMILES string of the molecule is COCCNC(=O)c1ccc2c(c1)Cc1cccc(c1)C(=O)NCCCCCO2.